The minimum absolute atomic E-state index is 0. The van der Waals surface area contributed by atoms with E-state index in [4.69, 9.17) is 0 Å². The van der Waals surface area contributed by atoms with E-state index < -0.39 is 0 Å². The first-order chi connectivity index (χ1) is 8.54. The van der Waals surface area contributed by atoms with Crippen molar-refractivity contribution in [3.63, 3.8) is 0 Å². The largest absolute Gasteiger partial charge is 0.308 e. The molecule has 1 N–H and O–H groups in total. The highest BCUT2D eigenvalue weighted by molar-refractivity contribution is 5.85. The van der Waals surface area contributed by atoms with Crippen LogP contribution >= 0.6 is 24.8 Å². The zero-order chi connectivity index (χ0) is 12.8. The van der Waals surface area contributed by atoms with Gasteiger partial charge in [-0.05, 0) is 48.1 Å². The summed E-state index contributed by atoms with van der Waals surface area (Å²) in [5.74, 6) is 0.906. The smallest absolute Gasteiger partial charge is 0.0541 e. The summed E-state index contributed by atoms with van der Waals surface area (Å²) in [6.45, 7) is 8.32. The Kier molecular flexibility index (Phi) is 5.51. The number of nitrogens with zero attached hydrogens (tertiary/aromatic N) is 1. The summed E-state index contributed by atoms with van der Waals surface area (Å²) in [7, 11) is 0. The van der Waals surface area contributed by atoms with E-state index in [0.29, 0.717) is 16.9 Å². The minimum atomic E-state index is 0. The molecule has 2 bridgehead atoms. The third-order valence-corrected chi connectivity index (χ3v) is 6.05. The highest BCUT2D eigenvalue weighted by Crippen LogP contribution is 2.65. The molecular weight excluding hydrogens is 291 g/mol. The normalized spacial score (nSPS) is 33.4. The van der Waals surface area contributed by atoms with Crippen LogP contribution in [0.25, 0.3) is 0 Å². The Morgan fingerprint density at radius 1 is 1.25 bits per heavy atom. The van der Waals surface area contributed by atoms with Crippen LogP contribution in [0.3, 0.4) is 0 Å². The second-order valence-corrected chi connectivity index (χ2v) is 6.87. The van der Waals surface area contributed by atoms with Crippen molar-refractivity contribution in [2.24, 2.45) is 16.7 Å². The molecule has 0 spiro atoms. The number of rotatable bonds is 3. The van der Waals surface area contributed by atoms with Crippen molar-refractivity contribution in [3.8, 4) is 0 Å². The maximum absolute atomic E-state index is 4.40. The topological polar surface area (TPSA) is 24.9 Å². The van der Waals surface area contributed by atoms with Crippen molar-refractivity contribution in [1.82, 2.24) is 10.3 Å². The monoisotopic (exact) mass is 316 g/mol. The number of fused-ring (bicyclic) bond motifs is 2. The number of hydrogen-bond acceptors (Lipinski definition) is 2. The number of aromatic nitrogens is 1. The van der Waals surface area contributed by atoms with Gasteiger partial charge in [0.1, 0.15) is 0 Å². The van der Waals surface area contributed by atoms with Crippen molar-refractivity contribution in [2.75, 3.05) is 0 Å². The lowest BCUT2D eigenvalue weighted by Gasteiger charge is -2.39. The Balaban J connectivity index is 0.000001000. The van der Waals surface area contributed by atoms with Crippen LogP contribution in [0.4, 0.5) is 0 Å². The van der Waals surface area contributed by atoms with Gasteiger partial charge in [0, 0.05) is 18.8 Å². The lowest BCUT2D eigenvalue weighted by Crippen LogP contribution is -2.44. The Morgan fingerprint density at radius 3 is 2.50 bits per heavy atom. The molecule has 1 heterocycles. The Bertz CT molecular complexity index is 435. The molecule has 0 radical (unpaired) electrons. The van der Waals surface area contributed by atoms with E-state index in [-0.39, 0.29) is 24.8 Å². The molecule has 1 aromatic rings. The van der Waals surface area contributed by atoms with Gasteiger partial charge < -0.3 is 5.32 Å². The average molecular weight is 317 g/mol. The highest BCUT2D eigenvalue weighted by atomic mass is 35.5. The van der Waals surface area contributed by atoms with Crippen molar-refractivity contribution in [1.29, 1.82) is 0 Å². The van der Waals surface area contributed by atoms with Crippen molar-refractivity contribution in [3.05, 3.63) is 30.1 Å². The van der Waals surface area contributed by atoms with Crippen LogP contribution in [-0.2, 0) is 6.54 Å². The summed E-state index contributed by atoms with van der Waals surface area (Å²) in [5.41, 5.74) is 2.11. The molecule has 114 valence electrons. The molecular formula is C16H26Cl2N2. The second kappa shape index (κ2) is 6.21. The average Bonchev–Trinajstić information content (AvgIpc) is 2.70. The molecule has 0 aliphatic heterocycles. The third kappa shape index (κ3) is 2.58. The molecule has 3 rings (SSSR count). The summed E-state index contributed by atoms with van der Waals surface area (Å²) in [4.78, 5) is 4.40. The number of halogens is 2. The minimum Gasteiger partial charge on any atom is -0.308 e. The molecule has 2 nitrogen and oxygen atoms in total. The van der Waals surface area contributed by atoms with Crippen LogP contribution in [-0.4, -0.2) is 11.0 Å². The molecule has 2 aliphatic rings. The standard InChI is InChI=1S/C16H24N2.2ClH/c1-15(2)12-7-8-16(15,3)14(10-12)18-11-13-6-4-5-9-17-13;;/h4-6,9,12,14,18H,7-8,10-11H2,1-3H3;2*1H. The van der Waals surface area contributed by atoms with Gasteiger partial charge in [-0.15, -0.1) is 24.8 Å². The molecule has 0 aromatic carbocycles. The van der Waals surface area contributed by atoms with E-state index >= 15 is 0 Å². The summed E-state index contributed by atoms with van der Waals surface area (Å²) in [6, 6.07) is 6.81. The first-order valence-electron chi connectivity index (χ1n) is 7.17. The molecule has 3 unspecified atom stereocenters. The number of hydrogen-bond donors (Lipinski definition) is 1. The third-order valence-electron chi connectivity index (χ3n) is 6.05. The molecule has 2 saturated carbocycles. The first-order valence-corrected chi connectivity index (χ1v) is 7.17. The zero-order valence-corrected chi connectivity index (χ0v) is 14.2. The van der Waals surface area contributed by atoms with E-state index in [1.165, 1.54) is 19.3 Å². The maximum atomic E-state index is 4.40. The van der Waals surface area contributed by atoms with Crippen LogP contribution in [0, 0.1) is 16.7 Å². The lowest BCUT2D eigenvalue weighted by molar-refractivity contribution is 0.120. The molecule has 2 fully saturated rings. The van der Waals surface area contributed by atoms with E-state index in [2.05, 4.69) is 43.2 Å². The van der Waals surface area contributed by atoms with Crippen molar-refractivity contribution >= 4 is 24.8 Å². The van der Waals surface area contributed by atoms with Gasteiger partial charge in [0.2, 0.25) is 0 Å². The van der Waals surface area contributed by atoms with E-state index in [0.717, 1.165) is 18.2 Å². The molecule has 4 heteroatoms. The van der Waals surface area contributed by atoms with Gasteiger partial charge in [0.05, 0.1) is 5.69 Å². The number of pyridine rings is 1. The highest BCUT2D eigenvalue weighted by Gasteiger charge is 2.60. The van der Waals surface area contributed by atoms with Crippen LogP contribution in [0.2, 0.25) is 0 Å². The quantitative estimate of drug-likeness (QED) is 0.902. The Hall–Kier alpha value is -0.310. The fourth-order valence-electron chi connectivity index (χ4n) is 4.24. The summed E-state index contributed by atoms with van der Waals surface area (Å²) in [5, 5.41) is 3.76. The molecule has 20 heavy (non-hydrogen) atoms. The SMILES string of the molecule is CC1(C)C2CCC1(C)C(NCc1ccccn1)C2.Cl.Cl. The molecule has 3 atom stereocenters. The summed E-state index contributed by atoms with van der Waals surface area (Å²) >= 11 is 0. The molecule has 2 aliphatic carbocycles. The molecule has 0 amide bonds. The number of nitrogens with one attached hydrogen (secondary N) is 1. The van der Waals surface area contributed by atoms with Crippen LogP contribution in [0.5, 0.6) is 0 Å². The van der Waals surface area contributed by atoms with E-state index in [9.17, 15) is 0 Å². The van der Waals surface area contributed by atoms with Gasteiger partial charge in [-0.3, -0.25) is 4.98 Å². The van der Waals surface area contributed by atoms with Gasteiger partial charge in [0.25, 0.3) is 0 Å². The zero-order valence-electron chi connectivity index (χ0n) is 12.6. The molecule has 1 aromatic heterocycles. The van der Waals surface area contributed by atoms with Gasteiger partial charge in [-0.25, -0.2) is 0 Å². The lowest BCUT2D eigenvalue weighted by atomic mass is 9.69. The predicted octanol–water partition coefficient (Wildman–Crippen LogP) is 4.23. The fourth-order valence-corrected chi connectivity index (χ4v) is 4.24. The summed E-state index contributed by atoms with van der Waals surface area (Å²) < 4.78 is 0. The Labute approximate surface area is 135 Å². The van der Waals surface area contributed by atoms with Gasteiger partial charge in [-0.1, -0.05) is 26.8 Å². The second-order valence-electron chi connectivity index (χ2n) is 6.87. The fraction of sp³-hybridized carbons (Fsp3) is 0.688. The van der Waals surface area contributed by atoms with Crippen LogP contribution in [0.15, 0.2) is 24.4 Å². The van der Waals surface area contributed by atoms with Crippen molar-refractivity contribution in [2.45, 2.75) is 52.6 Å². The van der Waals surface area contributed by atoms with Crippen LogP contribution in [0.1, 0.15) is 45.7 Å². The molecule has 0 saturated heterocycles. The van der Waals surface area contributed by atoms with Crippen LogP contribution < -0.4 is 5.32 Å². The van der Waals surface area contributed by atoms with Crippen molar-refractivity contribution < 1.29 is 0 Å². The maximum Gasteiger partial charge on any atom is 0.0541 e. The van der Waals surface area contributed by atoms with Gasteiger partial charge >= 0.3 is 0 Å². The van der Waals surface area contributed by atoms with Gasteiger partial charge in [-0.2, -0.15) is 0 Å². The van der Waals surface area contributed by atoms with E-state index in [1.807, 2.05) is 12.3 Å². The Morgan fingerprint density at radius 2 is 2.00 bits per heavy atom. The van der Waals surface area contributed by atoms with Gasteiger partial charge in [0.15, 0.2) is 0 Å². The first kappa shape index (κ1) is 17.7. The van der Waals surface area contributed by atoms with E-state index in [1.54, 1.807) is 0 Å². The summed E-state index contributed by atoms with van der Waals surface area (Å²) in [6.07, 6.45) is 6.02. The predicted molar refractivity (Wildman–Crippen MR) is 88.6 cm³/mol.